The lowest BCUT2D eigenvalue weighted by molar-refractivity contribution is 0.0523. The molecule has 1 aromatic rings. The second kappa shape index (κ2) is 6.18. The summed E-state index contributed by atoms with van der Waals surface area (Å²) in [5.74, 6) is 0. The molecule has 1 rings (SSSR count). The van der Waals surface area contributed by atoms with E-state index in [1.54, 1.807) is 0 Å². The van der Waals surface area contributed by atoms with Crippen LogP contribution in [0.1, 0.15) is 32.2 Å². The molecule has 0 fully saturated rings. The Morgan fingerprint density at radius 3 is 2.65 bits per heavy atom. The van der Waals surface area contributed by atoms with Crippen LogP contribution in [0.5, 0.6) is 0 Å². The van der Waals surface area contributed by atoms with Crippen molar-refractivity contribution in [3.63, 3.8) is 0 Å². The van der Waals surface area contributed by atoms with Gasteiger partial charge >= 0.3 is 6.09 Å². The topological polar surface area (TPSA) is 51.2 Å². The fraction of sp³-hybridized carbons (Fsp3) is 0.500. The molecule has 1 heterocycles. The van der Waals surface area contributed by atoms with Crippen LogP contribution < -0.4 is 5.32 Å². The molecule has 4 nitrogen and oxygen atoms in total. The fourth-order valence-electron chi connectivity index (χ4n) is 1.18. The van der Waals surface area contributed by atoms with E-state index in [4.69, 9.17) is 4.74 Å². The third-order valence-corrected chi connectivity index (χ3v) is 2.60. The Hall–Kier alpha value is -0.850. The summed E-state index contributed by atoms with van der Waals surface area (Å²) in [6, 6.07) is 5.78. The number of halogens is 1. The number of carbonyl (C=O) groups excluding carboxylic acids is 1. The predicted molar refractivity (Wildman–Crippen MR) is 75.0 cm³/mol. The molecule has 0 aromatic carbocycles. The van der Waals surface area contributed by atoms with Crippen LogP contribution in [0.3, 0.4) is 0 Å². The van der Waals surface area contributed by atoms with Gasteiger partial charge in [0.1, 0.15) is 5.60 Å². The number of ether oxygens (including phenoxy) is 1. The minimum Gasteiger partial charge on any atom is -0.444 e. The zero-order valence-electron chi connectivity index (χ0n) is 10.3. The smallest absolute Gasteiger partial charge is 0.407 e. The van der Waals surface area contributed by atoms with Crippen molar-refractivity contribution in [3.8, 4) is 0 Å². The third-order valence-electron chi connectivity index (χ3n) is 1.81. The van der Waals surface area contributed by atoms with Gasteiger partial charge in [0, 0.05) is 4.43 Å². The summed E-state index contributed by atoms with van der Waals surface area (Å²) in [7, 11) is 0. The van der Waals surface area contributed by atoms with E-state index in [1.165, 1.54) is 0 Å². The largest absolute Gasteiger partial charge is 0.444 e. The van der Waals surface area contributed by atoms with Crippen molar-refractivity contribution in [1.29, 1.82) is 0 Å². The maximum absolute atomic E-state index is 11.4. The van der Waals surface area contributed by atoms with Gasteiger partial charge in [-0.3, -0.25) is 4.98 Å². The quantitative estimate of drug-likeness (QED) is 0.675. The molecule has 5 heteroatoms. The van der Waals surface area contributed by atoms with Gasteiger partial charge in [-0.05, 0) is 32.9 Å². The first-order valence-corrected chi connectivity index (χ1v) is 6.91. The Bertz CT molecular complexity index is 388. The van der Waals surface area contributed by atoms with Crippen molar-refractivity contribution in [2.24, 2.45) is 0 Å². The van der Waals surface area contributed by atoms with E-state index in [9.17, 15) is 4.79 Å². The number of alkyl carbamates (subject to hydrolysis) is 1. The first kappa shape index (κ1) is 14.2. The highest BCUT2D eigenvalue weighted by molar-refractivity contribution is 14.1. The van der Waals surface area contributed by atoms with Gasteiger partial charge < -0.3 is 10.1 Å². The number of rotatable bonds is 3. The second-order valence-corrected chi connectivity index (χ2v) is 5.37. The normalized spacial score (nSPS) is 11.1. The van der Waals surface area contributed by atoms with Crippen LogP contribution in [0.4, 0.5) is 4.79 Å². The molecule has 0 bridgehead atoms. The van der Waals surface area contributed by atoms with Crippen molar-refractivity contribution in [1.82, 2.24) is 10.3 Å². The number of nitrogens with one attached hydrogen (secondary N) is 1. The number of alkyl halides is 1. The van der Waals surface area contributed by atoms with E-state index in [-0.39, 0.29) is 0 Å². The van der Waals surface area contributed by atoms with Crippen LogP contribution in [0.2, 0.25) is 0 Å². The summed E-state index contributed by atoms with van der Waals surface area (Å²) >= 11 is 2.26. The van der Waals surface area contributed by atoms with Crippen LogP contribution >= 0.6 is 22.6 Å². The number of nitrogens with zero attached hydrogens (tertiary/aromatic N) is 1. The summed E-state index contributed by atoms with van der Waals surface area (Å²) in [5.41, 5.74) is 1.38. The van der Waals surface area contributed by atoms with Crippen LogP contribution in [0.15, 0.2) is 18.2 Å². The maximum atomic E-state index is 11.4. The van der Waals surface area contributed by atoms with E-state index in [0.29, 0.717) is 6.54 Å². The molecule has 94 valence electrons. The Morgan fingerprint density at radius 1 is 1.41 bits per heavy atom. The minimum atomic E-state index is -0.471. The van der Waals surface area contributed by atoms with Crippen LogP contribution in [-0.2, 0) is 15.7 Å². The molecule has 1 amide bonds. The summed E-state index contributed by atoms with van der Waals surface area (Å²) in [6.45, 7) is 5.89. The van der Waals surface area contributed by atoms with Gasteiger partial charge in [-0.15, -0.1) is 0 Å². The average Bonchev–Trinajstić information content (AvgIpc) is 2.24. The summed E-state index contributed by atoms with van der Waals surface area (Å²) in [4.78, 5) is 15.8. The van der Waals surface area contributed by atoms with Gasteiger partial charge in [0.2, 0.25) is 0 Å². The molecule has 1 N–H and O–H groups in total. The highest BCUT2D eigenvalue weighted by Crippen LogP contribution is 2.07. The van der Waals surface area contributed by atoms with E-state index >= 15 is 0 Å². The SMILES string of the molecule is CC(C)(C)OC(=O)NCc1cccc(CI)n1. The number of amides is 1. The molecular weight excluding hydrogens is 331 g/mol. The monoisotopic (exact) mass is 348 g/mol. The van der Waals surface area contributed by atoms with E-state index in [2.05, 4.69) is 32.9 Å². The Kier molecular flexibility index (Phi) is 5.17. The molecule has 0 saturated carbocycles. The fourth-order valence-corrected chi connectivity index (χ4v) is 1.60. The highest BCUT2D eigenvalue weighted by Gasteiger charge is 2.15. The molecule has 0 aliphatic heterocycles. The molecule has 0 unspecified atom stereocenters. The van der Waals surface area contributed by atoms with Crippen molar-refractivity contribution < 1.29 is 9.53 Å². The molecule has 0 radical (unpaired) electrons. The first-order chi connectivity index (χ1) is 7.90. The number of hydrogen-bond donors (Lipinski definition) is 1. The average molecular weight is 348 g/mol. The molecule has 0 aliphatic carbocycles. The molecule has 0 atom stereocenters. The number of aromatic nitrogens is 1. The van der Waals surface area contributed by atoms with Crippen molar-refractivity contribution >= 4 is 28.7 Å². The highest BCUT2D eigenvalue weighted by atomic mass is 127. The lowest BCUT2D eigenvalue weighted by Crippen LogP contribution is -2.32. The molecular formula is C12H17IN2O2. The Labute approximate surface area is 115 Å². The summed E-state index contributed by atoms with van der Waals surface area (Å²) in [6.07, 6.45) is -0.417. The van der Waals surface area contributed by atoms with Crippen LogP contribution in [0, 0.1) is 0 Å². The van der Waals surface area contributed by atoms with Gasteiger partial charge in [0.15, 0.2) is 0 Å². The van der Waals surface area contributed by atoms with E-state index < -0.39 is 11.7 Å². The first-order valence-electron chi connectivity index (χ1n) is 5.38. The maximum Gasteiger partial charge on any atom is 0.407 e. The van der Waals surface area contributed by atoms with Crippen LogP contribution in [-0.4, -0.2) is 16.7 Å². The Morgan fingerprint density at radius 2 is 2.06 bits per heavy atom. The molecule has 0 saturated heterocycles. The van der Waals surface area contributed by atoms with Crippen molar-refractivity contribution in [2.45, 2.75) is 37.3 Å². The van der Waals surface area contributed by atoms with Crippen molar-refractivity contribution in [2.75, 3.05) is 0 Å². The van der Waals surface area contributed by atoms with E-state index in [0.717, 1.165) is 15.8 Å². The van der Waals surface area contributed by atoms with Gasteiger partial charge in [-0.25, -0.2) is 4.79 Å². The predicted octanol–water partition coefficient (Wildman–Crippen LogP) is 3.04. The van der Waals surface area contributed by atoms with Gasteiger partial charge in [-0.1, -0.05) is 28.7 Å². The minimum absolute atomic E-state index is 0.388. The van der Waals surface area contributed by atoms with Crippen molar-refractivity contribution in [3.05, 3.63) is 29.6 Å². The van der Waals surface area contributed by atoms with Gasteiger partial charge in [0.05, 0.1) is 17.9 Å². The number of carbonyl (C=O) groups is 1. The lowest BCUT2D eigenvalue weighted by Gasteiger charge is -2.19. The summed E-state index contributed by atoms with van der Waals surface area (Å²) < 4.78 is 6.00. The molecule has 1 aromatic heterocycles. The molecule has 0 spiro atoms. The zero-order valence-corrected chi connectivity index (χ0v) is 12.4. The lowest BCUT2D eigenvalue weighted by atomic mass is 10.2. The molecule has 0 aliphatic rings. The summed E-state index contributed by atoms with van der Waals surface area (Å²) in [5, 5.41) is 2.68. The second-order valence-electron chi connectivity index (χ2n) is 4.61. The van der Waals surface area contributed by atoms with Gasteiger partial charge in [-0.2, -0.15) is 0 Å². The zero-order chi connectivity index (χ0) is 12.9. The van der Waals surface area contributed by atoms with Gasteiger partial charge in [0.25, 0.3) is 0 Å². The number of hydrogen-bond acceptors (Lipinski definition) is 3. The Balaban J connectivity index is 2.47. The van der Waals surface area contributed by atoms with Crippen LogP contribution in [0.25, 0.3) is 0 Å². The third kappa shape index (κ3) is 5.86. The standard InChI is InChI=1S/C12H17IN2O2/c1-12(2,3)17-11(16)14-8-10-6-4-5-9(7-13)15-10/h4-6H,7-8H2,1-3H3,(H,14,16). The molecule has 17 heavy (non-hydrogen) atoms. The number of pyridine rings is 1. The van der Waals surface area contributed by atoms with E-state index in [1.807, 2.05) is 39.0 Å².